The Hall–Kier alpha value is -4.26. The van der Waals surface area contributed by atoms with Gasteiger partial charge in [-0.05, 0) is 39.0 Å². The Morgan fingerprint density at radius 2 is 1.42 bits per heavy atom. The van der Waals surface area contributed by atoms with Crippen molar-refractivity contribution in [3.05, 3.63) is 89.6 Å². The molecule has 1 atom stereocenters. The summed E-state index contributed by atoms with van der Waals surface area (Å²) in [5.41, 5.74) is 2.04. The van der Waals surface area contributed by atoms with E-state index in [1.54, 1.807) is 42.6 Å². The number of aromatic nitrogens is 1. The molecule has 0 spiro atoms. The number of hydrogen-bond acceptors (Lipinski definition) is 6. The molecule has 0 saturated carbocycles. The van der Waals surface area contributed by atoms with E-state index in [1.165, 1.54) is 0 Å². The third-order valence-corrected chi connectivity index (χ3v) is 5.56. The van der Waals surface area contributed by atoms with Gasteiger partial charge in [-0.1, -0.05) is 48.5 Å². The standard InChI is InChI=1S/C29H29NO6/c1-4-33-24-16-20(17-25(34-5-2)28(24)35-6-3)29(32)36-27(19-12-8-7-9-13-19)26(31)22-18-30-23-15-11-10-14-21(22)23/h7-18,27,30H,4-6H2,1-3H3. The average Bonchev–Trinajstić information content (AvgIpc) is 3.33. The maximum atomic E-state index is 13.7. The fraction of sp³-hybridized carbons (Fsp3) is 0.241. The molecule has 0 saturated heterocycles. The van der Waals surface area contributed by atoms with Crippen molar-refractivity contribution in [2.75, 3.05) is 19.8 Å². The first-order valence-electron chi connectivity index (χ1n) is 12.0. The lowest BCUT2D eigenvalue weighted by Crippen LogP contribution is -2.20. The van der Waals surface area contributed by atoms with Crippen LogP contribution in [0.15, 0.2) is 72.9 Å². The zero-order valence-electron chi connectivity index (χ0n) is 20.6. The number of para-hydroxylation sites is 1. The smallest absolute Gasteiger partial charge is 0.339 e. The molecule has 1 N–H and O–H groups in total. The summed E-state index contributed by atoms with van der Waals surface area (Å²) >= 11 is 0. The fourth-order valence-electron chi connectivity index (χ4n) is 4.00. The molecule has 7 heteroatoms. The predicted molar refractivity (Wildman–Crippen MR) is 137 cm³/mol. The number of carbonyl (C=O) groups is 2. The molecule has 1 aromatic heterocycles. The highest BCUT2D eigenvalue weighted by molar-refractivity contribution is 6.11. The molecule has 0 amide bonds. The molecule has 1 heterocycles. The number of ketones is 1. The first kappa shape index (κ1) is 24.9. The maximum absolute atomic E-state index is 13.7. The highest BCUT2D eigenvalue weighted by Crippen LogP contribution is 2.40. The summed E-state index contributed by atoms with van der Waals surface area (Å²) in [6.07, 6.45) is 0.504. The second-order valence-corrected chi connectivity index (χ2v) is 7.91. The molecule has 1 unspecified atom stereocenters. The molecule has 3 aromatic carbocycles. The third kappa shape index (κ3) is 5.20. The molecule has 186 valence electrons. The number of rotatable bonds is 11. The third-order valence-electron chi connectivity index (χ3n) is 5.56. The van der Waals surface area contributed by atoms with Crippen LogP contribution in [0.1, 0.15) is 53.2 Å². The van der Waals surface area contributed by atoms with Crippen LogP contribution in [0.25, 0.3) is 10.9 Å². The lowest BCUT2D eigenvalue weighted by molar-refractivity contribution is 0.0280. The minimum atomic E-state index is -1.14. The number of aromatic amines is 1. The Kier molecular flexibility index (Phi) is 7.90. The molecule has 4 rings (SSSR count). The van der Waals surface area contributed by atoms with E-state index in [9.17, 15) is 9.59 Å². The molecular formula is C29H29NO6. The van der Waals surface area contributed by atoms with Crippen molar-refractivity contribution >= 4 is 22.7 Å². The Morgan fingerprint density at radius 1 is 0.806 bits per heavy atom. The van der Waals surface area contributed by atoms with Crippen LogP contribution in [0.2, 0.25) is 0 Å². The molecular weight excluding hydrogens is 458 g/mol. The number of benzene rings is 3. The summed E-state index contributed by atoms with van der Waals surface area (Å²) in [6.45, 7) is 6.68. The molecule has 36 heavy (non-hydrogen) atoms. The SMILES string of the molecule is CCOc1cc(C(=O)OC(C(=O)c2c[nH]c3ccccc23)c2ccccc2)cc(OCC)c1OCC. The lowest BCUT2D eigenvalue weighted by Gasteiger charge is -2.19. The van der Waals surface area contributed by atoms with Gasteiger partial charge in [-0.25, -0.2) is 4.79 Å². The topological polar surface area (TPSA) is 86.9 Å². The Labute approximate surface area is 209 Å². The molecule has 4 aromatic rings. The van der Waals surface area contributed by atoms with E-state index in [4.69, 9.17) is 18.9 Å². The van der Waals surface area contributed by atoms with Gasteiger partial charge < -0.3 is 23.9 Å². The Bertz CT molecular complexity index is 1320. The van der Waals surface area contributed by atoms with E-state index < -0.39 is 12.1 Å². The zero-order valence-corrected chi connectivity index (χ0v) is 20.6. The minimum absolute atomic E-state index is 0.193. The van der Waals surface area contributed by atoms with E-state index in [0.29, 0.717) is 48.2 Å². The molecule has 7 nitrogen and oxygen atoms in total. The van der Waals surface area contributed by atoms with Crippen LogP contribution < -0.4 is 14.2 Å². The van der Waals surface area contributed by atoms with Crippen LogP contribution in [0.5, 0.6) is 17.2 Å². The van der Waals surface area contributed by atoms with Crippen LogP contribution >= 0.6 is 0 Å². The number of hydrogen-bond donors (Lipinski definition) is 1. The van der Waals surface area contributed by atoms with Gasteiger partial charge in [0.05, 0.1) is 25.4 Å². The molecule has 0 radical (unpaired) electrons. The average molecular weight is 488 g/mol. The second kappa shape index (κ2) is 11.4. The van der Waals surface area contributed by atoms with Gasteiger partial charge in [-0.15, -0.1) is 0 Å². The predicted octanol–water partition coefficient (Wildman–Crippen LogP) is 6.15. The van der Waals surface area contributed by atoms with Gasteiger partial charge in [-0.2, -0.15) is 0 Å². The first-order chi connectivity index (χ1) is 17.6. The summed E-state index contributed by atoms with van der Waals surface area (Å²) in [4.78, 5) is 30.2. The molecule has 0 aliphatic rings. The van der Waals surface area contributed by atoms with E-state index in [0.717, 1.165) is 10.9 Å². The van der Waals surface area contributed by atoms with Crippen molar-refractivity contribution in [1.29, 1.82) is 0 Å². The second-order valence-electron chi connectivity index (χ2n) is 7.91. The van der Waals surface area contributed by atoms with Crippen molar-refractivity contribution in [2.45, 2.75) is 26.9 Å². The zero-order chi connectivity index (χ0) is 25.5. The van der Waals surface area contributed by atoms with E-state index >= 15 is 0 Å². The lowest BCUT2D eigenvalue weighted by atomic mass is 9.99. The number of H-pyrrole nitrogens is 1. The van der Waals surface area contributed by atoms with Gasteiger partial charge in [0.2, 0.25) is 11.5 Å². The monoisotopic (exact) mass is 487 g/mol. The normalized spacial score (nSPS) is 11.6. The van der Waals surface area contributed by atoms with Crippen molar-refractivity contribution in [3.63, 3.8) is 0 Å². The van der Waals surface area contributed by atoms with E-state index in [2.05, 4.69) is 4.98 Å². The first-order valence-corrected chi connectivity index (χ1v) is 12.0. The number of carbonyl (C=O) groups excluding carboxylic acids is 2. The van der Waals surface area contributed by atoms with Gasteiger partial charge >= 0.3 is 5.97 Å². The molecule has 0 bridgehead atoms. The summed E-state index contributed by atoms with van der Waals surface area (Å²) < 4.78 is 23.1. The number of ether oxygens (including phenoxy) is 4. The van der Waals surface area contributed by atoms with Crippen LogP contribution in [0.4, 0.5) is 0 Å². The van der Waals surface area contributed by atoms with Gasteiger partial charge in [-0.3, -0.25) is 4.79 Å². The Balaban J connectivity index is 1.72. The fourth-order valence-corrected chi connectivity index (χ4v) is 4.00. The largest absolute Gasteiger partial charge is 0.490 e. The molecule has 0 aliphatic heterocycles. The van der Waals surface area contributed by atoms with E-state index in [-0.39, 0.29) is 11.3 Å². The van der Waals surface area contributed by atoms with Crippen LogP contribution in [-0.4, -0.2) is 36.6 Å². The van der Waals surface area contributed by atoms with Crippen molar-refractivity contribution in [3.8, 4) is 17.2 Å². The number of nitrogens with one attached hydrogen (secondary N) is 1. The van der Waals surface area contributed by atoms with Crippen LogP contribution in [0.3, 0.4) is 0 Å². The van der Waals surface area contributed by atoms with Gasteiger partial charge in [0.1, 0.15) is 0 Å². The number of Topliss-reactive ketones (excluding diaryl/α,β-unsaturated/α-hetero) is 1. The van der Waals surface area contributed by atoms with Crippen molar-refractivity contribution < 1.29 is 28.5 Å². The summed E-state index contributed by atoms with van der Waals surface area (Å²) in [5.74, 6) is 0.162. The van der Waals surface area contributed by atoms with Gasteiger partial charge in [0.15, 0.2) is 17.6 Å². The summed E-state index contributed by atoms with van der Waals surface area (Å²) in [5, 5.41) is 0.762. The highest BCUT2D eigenvalue weighted by atomic mass is 16.6. The maximum Gasteiger partial charge on any atom is 0.339 e. The quantitative estimate of drug-likeness (QED) is 0.202. The Morgan fingerprint density at radius 3 is 2.06 bits per heavy atom. The minimum Gasteiger partial charge on any atom is -0.490 e. The van der Waals surface area contributed by atoms with Gasteiger partial charge in [0.25, 0.3) is 0 Å². The highest BCUT2D eigenvalue weighted by Gasteiger charge is 2.29. The van der Waals surface area contributed by atoms with Crippen molar-refractivity contribution in [1.82, 2.24) is 4.98 Å². The van der Waals surface area contributed by atoms with Gasteiger partial charge in [0, 0.05) is 28.2 Å². The number of esters is 1. The summed E-state index contributed by atoms with van der Waals surface area (Å²) in [6, 6.07) is 19.6. The molecule has 0 fully saturated rings. The summed E-state index contributed by atoms with van der Waals surface area (Å²) in [7, 11) is 0. The van der Waals surface area contributed by atoms with E-state index in [1.807, 2.05) is 51.1 Å². The van der Waals surface area contributed by atoms with Crippen LogP contribution in [-0.2, 0) is 4.74 Å². The molecule has 0 aliphatic carbocycles. The van der Waals surface area contributed by atoms with Crippen molar-refractivity contribution in [2.24, 2.45) is 0 Å². The number of fused-ring (bicyclic) bond motifs is 1. The van der Waals surface area contributed by atoms with Crippen LogP contribution in [0, 0.1) is 0 Å².